The lowest BCUT2D eigenvalue weighted by molar-refractivity contribution is 1.54. The molecule has 3 aromatic carbocycles. The van der Waals surface area contributed by atoms with E-state index in [9.17, 15) is 0 Å². The molecule has 2 nitrogen and oxygen atoms in total. The minimum Gasteiger partial charge on any atom is -0.389 e. The Morgan fingerprint density at radius 1 is 0.800 bits per heavy atom. The van der Waals surface area contributed by atoms with E-state index in [1.165, 1.54) is 10.8 Å². The third kappa shape index (κ3) is 2.36. The standard InChI is InChI=1S/C17H14N2S/c18-17(20)14-9-3-4-10-16(14)19-15-11-5-7-12-6-1-2-8-13(12)15/h1-11,19H,(H2,18,20). The number of fused-ring (bicyclic) bond motifs is 1. The molecule has 3 N–H and O–H groups in total. The van der Waals surface area contributed by atoms with Gasteiger partial charge in [-0.1, -0.05) is 60.7 Å². The largest absolute Gasteiger partial charge is 0.389 e. The number of para-hydroxylation sites is 1. The molecule has 0 aliphatic carbocycles. The zero-order valence-corrected chi connectivity index (χ0v) is 11.7. The quantitative estimate of drug-likeness (QED) is 0.705. The molecule has 0 unspecified atom stereocenters. The van der Waals surface area contributed by atoms with Crippen molar-refractivity contribution in [3.8, 4) is 0 Å². The summed E-state index contributed by atoms with van der Waals surface area (Å²) in [6.07, 6.45) is 0. The van der Waals surface area contributed by atoms with E-state index in [0.29, 0.717) is 4.99 Å². The van der Waals surface area contributed by atoms with Crippen molar-refractivity contribution in [1.29, 1.82) is 0 Å². The molecule has 0 fully saturated rings. The normalized spacial score (nSPS) is 10.4. The predicted molar refractivity (Wildman–Crippen MR) is 89.6 cm³/mol. The fourth-order valence-corrected chi connectivity index (χ4v) is 2.46. The number of thiocarbonyl (C=S) groups is 1. The maximum atomic E-state index is 5.77. The summed E-state index contributed by atoms with van der Waals surface area (Å²) in [6.45, 7) is 0. The molecule has 0 bridgehead atoms. The van der Waals surface area contributed by atoms with Gasteiger partial charge in [-0.2, -0.15) is 0 Å². The van der Waals surface area contributed by atoms with E-state index in [1.54, 1.807) is 0 Å². The molecule has 3 rings (SSSR count). The Morgan fingerprint density at radius 3 is 2.30 bits per heavy atom. The molecule has 98 valence electrons. The van der Waals surface area contributed by atoms with Gasteiger partial charge in [0.25, 0.3) is 0 Å². The molecule has 0 saturated carbocycles. The molecule has 0 aromatic heterocycles. The highest BCUT2D eigenvalue weighted by molar-refractivity contribution is 7.80. The van der Waals surface area contributed by atoms with Crippen molar-refractivity contribution in [3.63, 3.8) is 0 Å². The van der Waals surface area contributed by atoms with Gasteiger partial charge >= 0.3 is 0 Å². The van der Waals surface area contributed by atoms with Crippen LogP contribution in [-0.4, -0.2) is 4.99 Å². The third-order valence-electron chi connectivity index (χ3n) is 3.25. The van der Waals surface area contributed by atoms with Gasteiger partial charge in [0, 0.05) is 22.3 Å². The molecular weight excluding hydrogens is 264 g/mol. The Kier molecular flexibility index (Phi) is 3.35. The van der Waals surface area contributed by atoms with Gasteiger partial charge in [-0.25, -0.2) is 0 Å². The van der Waals surface area contributed by atoms with Crippen LogP contribution >= 0.6 is 12.2 Å². The highest BCUT2D eigenvalue weighted by Crippen LogP contribution is 2.27. The molecule has 3 aromatic rings. The van der Waals surface area contributed by atoms with E-state index >= 15 is 0 Å². The Bertz CT molecular complexity index is 775. The second kappa shape index (κ2) is 5.31. The van der Waals surface area contributed by atoms with Crippen LogP contribution in [0.15, 0.2) is 66.7 Å². The zero-order valence-electron chi connectivity index (χ0n) is 10.8. The molecule has 0 saturated heterocycles. The lowest BCUT2D eigenvalue weighted by Gasteiger charge is -2.13. The number of hydrogen-bond donors (Lipinski definition) is 2. The molecule has 3 heteroatoms. The van der Waals surface area contributed by atoms with Crippen molar-refractivity contribution in [2.45, 2.75) is 0 Å². The SMILES string of the molecule is NC(=S)c1ccccc1Nc1cccc2ccccc12. The van der Waals surface area contributed by atoms with Crippen molar-refractivity contribution < 1.29 is 0 Å². The first-order valence-corrected chi connectivity index (χ1v) is 6.80. The fourth-order valence-electron chi connectivity index (χ4n) is 2.29. The van der Waals surface area contributed by atoms with Crippen molar-refractivity contribution >= 4 is 39.4 Å². The molecule has 20 heavy (non-hydrogen) atoms. The van der Waals surface area contributed by atoms with Gasteiger partial charge in [-0.15, -0.1) is 0 Å². The Labute approximate surface area is 123 Å². The summed E-state index contributed by atoms with van der Waals surface area (Å²) in [7, 11) is 0. The minimum absolute atomic E-state index is 0.397. The van der Waals surface area contributed by atoms with E-state index < -0.39 is 0 Å². The number of nitrogens with two attached hydrogens (primary N) is 1. The molecule has 0 aliphatic heterocycles. The monoisotopic (exact) mass is 278 g/mol. The lowest BCUT2D eigenvalue weighted by Crippen LogP contribution is -2.11. The van der Waals surface area contributed by atoms with Crippen LogP contribution in [-0.2, 0) is 0 Å². The topological polar surface area (TPSA) is 38.0 Å². The van der Waals surface area contributed by atoms with Crippen molar-refractivity contribution in [3.05, 3.63) is 72.3 Å². The van der Waals surface area contributed by atoms with Gasteiger partial charge < -0.3 is 11.1 Å². The van der Waals surface area contributed by atoms with Gasteiger partial charge in [0.2, 0.25) is 0 Å². The number of benzene rings is 3. The maximum Gasteiger partial charge on any atom is 0.106 e. The van der Waals surface area contributed by atoms with E-state index in [1.807, 2.05) is 42.5 Å². The maximum absolute atomic E-state index is 5.77. The number of hydrogen-bond acceptors (Lipinski definition) is 2. The summed E-state index contributed by atoms with van der Waals surface area (Å²) in [5, 5.41) is 5.80. The molecule has 0 amide bonds. The third-order valence-corrected chi connectivity index (χ3v) is 3.47. The van der Waals surface area contributed by atoms with Crippen molar-refractivity contribution in [2.24, 2.45) is 5.73 Å². The second-order valence-corrected chi connectivity index (χ2v) is 5.00. The van der Waals surface area contributed by atoms with E-state index in [-0.39, 0.29) is 0 Å². The number of nitrogens with one attached hydrogen (secondary N) is 1. The lowest BCUT2D eigenvalue weighted by atomic mass is 10.1. The second-order valence-electron chi connectivity index (χ2n) is 4.56. The molecular formula is C17H14N2S. The molecule has 0 spiro atoms. The van der Waals surface area contributed by atoms with Gasteiger partial charge in [0.15, 0.2) is 0 Å². The minimum atomic E-state index is 0.397. The predicted octanol–water partition coefficient (Wildman–Crippen LogP) is 4.22. The highest BCUT2D eigenvalue weighted by atomic mass is 32.1. The van der Waals surface area contributed by atoms with Crippen LogP contribution in [0.2, 0.25) is 0 Å². The van der Waals surface area contributed by atoms with Gasteiger partial charge in [-0.05, 0) is 23.6 Å². The van der Waals surface area contributed by atoms with E-state index in [2.05, 4.69) is 29.6 Å². The van der Waals surface area contributed by atoms with Crippen molar-refractivity contribution in [1.82, 2.24) is 0 Å². The van der Waals surface area contributed by atoms with Crippen LogP contribution in [0.1, 0.15) is 5.56 Å². The summed E-state index contributed by atoms with van der Waals surface area (Å²) < 4.78 is 0. The molecule has 0 atom stereocenters. The summed E-state index contributed by atoms with van der Waals surface area (Å²) in [5.74, 6) is 0. The average molecular weight is 278 g/mol. The summed E-state index contributed by atoms with van der Waals surface area (Å²) in [5.41, 5.74) is 8.60. The van der Waals surface area contributed by atoms with Crippen LogP contribution in [0, 0.1) is 0 Å². The fraction of sp³-hybridized carbons (Fsp3) is 0. The zero-order chi connectivity index (χ0) is 13.9. The Hall–Kier alpha value is -2.39. The first-order valence-electron chi connectivity index (χ1n) is 6.39. The van der Waals surface area contributed by atoms with Crippen LogP contribution in [0.5, 0.6) is 0 Å². The average Bonchev–Trinajstić information content (AvgIpc) is 2.48. The summed E-state index contributed by atoms with van der Waals surface area (Å²) in [4.78, 5) is 0.397. The summed E-state index contributed by atoms with van der Waals surface area (Å²) >= 11 is 5.10. The van der Waals surface area contributed by atoms with Crippen molar-refractivity contribution in [2.75, 3.05) is 5.32 Å². The molecule has 0 aliphatic rings. The number of rotatable bonds is 3. The van der Waals surface area contributed by atoms with E-state index in [0.717, 1.165) is 16.9 Å². The van der Waals surface area contributed by atoms with Gasteiger partial charge in [-0.3, -0.25) is 0 Å². The van der Waals surface area contributed by atoms with Gasteiger partial charge in [0.05, 0.1) is 0 Å². The molecule has 0 heterocycles. The van der Waals surface area contributed by atoms with Crippen LogP contribution in [0.25, 0.3) is 10.8 Å². The Morgan fingerprint density at radius 2 is 1.45 bits per heavy atom. The first-order chi connectivity index (χ1) is 9.75. The first kappa shape index (κ1) is 12.6. The smallest absolute Gasteiger partial charge is 0.106 e. The van der Waals surface area contributed by atoms with Crippen LogP contribution in [0.4, 0.5) is 11.4 Å². The van der Waals surface area contributed by atoms with E-state index in [4.69, 9.17) is 18.0 Å². The highest BCUT2D eigenvalue weighted by Gasteiger charge is 2.06. The summed E-state index contributed by atoms with van der Waals surface area (Å²) in [6, 6.07) is 22.3. The van der Waals surface area contributed by atoms with Crippen LogP contribution in [0.3, 0.4) is 0 Å². The van der Waals surface area contributed by atoms with Crippen LogP contribution < -0.4 is 11.1 Å². The van der Waals surface area contributed by atoms with Gasteiger partial charge in [0.1, 0.15) is 4.99 Å². The Balaban J connectivity index is 2.08. The molecule has 0 radical (unpaired) electrons. The number of anilines is 2.